The Morgan fingerprint density at radius 3 is 2.50 bits per heavy atom. The zero-order chi connectivity index (χ0) is 14.3. The molecule has 2 aliphatic rings. The monoisotopic (exact) mass is 336 g/mol. The molecule has 0 saturated heterocycles. The molecule has 0 bridgehead atoms. The molecule has 0 unspecified atom stereocenters. The van der Waals surface area contributed by atoms with Gasteiger partial charge in [-0.2, -0.15) is 0 Å². The number of halogens is 1. The van der Waals surface area contributed by atoms with Crippen LogP contribution < -0.4 is 10.9 Å². The third kappa shape index (κ3) is 2.46. The average Bonchev–Trinajstić information content (AvgIpc) is 3.35. The molecule has 1 aromatic carbocycles. The van der Waals surface area contributed by atoms with Crippen molar-refractivity contribution in [1.29, 1.82) is 0 Å². The molecule has 1 aromatic rings. The van der Waals surface area contributed by atoms with Crippen molar-refractivity contribution in [2.75, 3.05) is 0 Å². The Balaban J connectivity index is 1.49. The van der Waals surface area contributed by atoms with E-state index in [9.17, 15) is 9.59 Å². The number of amides is 2. The Kier molecular flexibility index (Phi) is 3.32. The van der Waals surface area contributed by atoms with Crippen LogP contribution in [0.3, 0.4) is 0 Å². The molecule has 0 aromatic heterocycles. The van der Waals surface area contributed by atoms with Gasteiger partial charge in [0.2, 0.25) is 11.8 Å². The minimum absolute atomic E-state index is 0.0236. The van der Waals surface area contributed by atoms with Gasteiger partial charge in [-0.25, -0.2) is 0 Å². The molecule has 0 aliphatic heterocycles. The Labute approximate surface area is 126 Å². The molecule has 0 radical (unpaired) electrons. The van der Waals surface area contributed by atoms with Gasteiger partial charge in [-0.1, -0.05) is 46.3 Å². The van der Waals surface area contributed by atoms with E-state index >= 15 is 0 Å². The second-order valence-corrected chi connectivity index (χ2v) is 7.00. The summed E-state index contributed by atoms with van der Waals surface area (Å²) in [6.45, 7) is 1.89. The Morgan fingerprint density at radius 2 is 1.90 bits per heavy atom. The molecule has 2 N–H and O–H groups in total. The first kappa shape index (κ1) is 13.6. The Hall–Kier alpha value is -1.36. The van der Waals surface area contributed by atoms with Crippen molar-refractivity contribution in [3.05, 3.63) is 35.9 Å². The lowest BCUT2D eigenvalue weighted by Gasteiger charge is -2.11. The fraction of sp³-hybridized carbons (Fsp3) is 0.467. The predicted molar refractivity (Wildman–Crippen MR) is 79.0 cm³/mol. The number of hydrogen-bond acceptors (Lipinski definition) is 2. The molecule has 2 amide bonds. The van der Waals surface area contributed by atoms with Crippen LogP contribution in [0.4, 0.5) is 0 Å². The van der Waals surface area contributed by atoms with Crippen LogP contribution in [-0.2, 0) is 9.59 Å². The van der Waals surface area contributed by atoms with Gasteiger partial charge in [0.1, 0.15) is 0 Å². The highest BCUT2D eigenvalue weighted by Gasteiger charge is 2.55. The van der Waals surface area contributed by atoms with Gasteiger partial charge in [0, 0.05) is 10.7 Å². The van der Waals surface area contributed by atoms with Crippen LogP contribution in [0.1, 0.15) is 31.2 Å². The summed E-state index contributed by atoms with van der Waals surface area (Å²) in [5.41, 5.74) is 5.90. The molecule has 0 spiro atoms. The Morgan fingerprint density at radius 1 is 1.25 bits per heavy atom. The van der Waals surface area contributed by atoms with Gasteiger partial charge in [0.15, 0.2) is 0 Å². The second-order valence-electron chi connectivity index (χ2n) is 5.89. The first-order chi connectivity index (χ1) is 9.52. The van der Waals surface area contributed by atoms with Gasteiger partial charge < -0.3 is 0 Å². The first-order valence-electron chi connectivity index (χ1n) is 6.81. The van der Waals surface area contributed by atoms with Crippen molar-refractivity contribution >= 4 is 27.7 Å². The highest BCUT2D eigenvalue weighted by molar-refractivity contribution is 9.09. The summed E-state index contributed by atoms with van der Waals surface area (Å²) < 4.78 is 0. The van der Waals surface area contributed by atoms with Gasteiger partial charge in [-0.3, -0.25) is 20.4 Å². The SMILES string of the molecule is C[C@@]1(C(=O)NNC(=O)[C@@H]2C[C@@H]2c2ccccc2)C[C@@H]1Br. The van der Waals surface area contributed by atoms with Gasteiger partial charge in [0.05, 0.1) is 5.41 Å². The largest absolute Gasteiger partial charge is 0.273 e. The maximum atomic E-state index is 12.0. The zero-order valence-electron chi connectivity index (χ0n) is 11.2. The summed E-state index contributed by atoms with van der Waals surface area (Å²) in [7, 11) is 0. The minimum Gasteiger partial charge on any atom is -0.273 e. The zero-order valence-corrected chi connectivity index (χ0v) is 12.8. The van der Waals surface area contributed by atoms with E-state index in [4.69, 9.17) is 0 Å². The number of carbonyl (C=O) groups excluding carboxylic acids is 2. The van der Waals surface area contributed by atoms with Gasteiger partial charge in [-0.15, -0.1) is 0 Å². The summed E-state index contributed by atoms with van der Waals surface area (Å²) in [4.78, 5) is 24.1. The molecular formula is C15H17BrN2O2. The van der Waals surface area contributed by atoms with E-state index in [1.165, 1.54) is 5.56 Å². The number of carbonyl (C=O) groups is 2. The summed E-state index contributed by atoms with van der Waals surface area (Å²) in [5, 5.41) is 0. The van der Waals surface area contributed by atoms with Crippen LogP contribution in [-0.4, -0.2) is 16.6 Å². The summed E-state index contributed by atoms with van der Waals surface area (Å²) >= 11 is 3.42. The van der Waals surface area contributed by atoms with E-state index in [1.54, 1.807) is 0 Å². The molecule has 2 aliphatic carbocycles. The van der Waals surface area contributed by atoms with Gasteiger partial charge >= 0.3 is 0 Å². The van der Waals surface area contributed by atoms with E-state index in [0.717, 1.165) is 12.8 Å². The molecule has 20 heavy (non-hydrogen) atoms. The van der Waals surface area contributed by atoms with Crippen molar-refractivity contribution in [2.24, 2.45) is 11.3 Å². The lowest BCUT2D eigenvalue weighted by atomic mass is 10.1. The lowest BCUT2D eigenvalue weighted by Crippen LogP contribution is -2.46. The van der Waals surface area contributed by atoms with Crippen LogP contribution in [0.25, 0.3) is 0 Å². The maximum absolute atomic E-state index is 12.0. The molecule has 106 valence electrons. The van der Waals surface area contributed by atoms with E-state index in [1.807, 2.05) is 37.3 Å². The fourth-order valence-corrected chi connectivity index (χ4v) is 3.34. The van der Waals surface area contributed by atoms with Crippen molar-refractivity contribution in [2.45, 2.75) is 30.5 Å². The van der Waals surface area contributed by atoms with E-state index < -0.39 is 0 Å². The number of hydrazine groups is 1. The fourth-order valence-electron chi connectivity index (χ4n) is 2.46. The third-order valence-corrected chi connectivity index (χ3v) is 5.64. The average molecular weight is 337 g/mol. The molecule has 0 heterocycles. The number of benzene rings is 1. The minimum atomic E-state index is -0.379. The summed E-state index contributed by atoms with van der Waals surface area (Å²) in [5.74, 6) is 0.0465. The summed E-state index contributed by atoms with van der Waals surface area (Å²) in [6, 6.07) is 10.0. The summed E-state index contributed by atoms with van der Waals surface area (Å²) in [6.07, 6.45) is 1.66. The van der Waals surface area contributed by atoms with Crippen molar-refractivity contribution in [3.63, 3.8) is 0 Å². The predicted octanol–water partition coefficient (Wildman–Crippen LogP) is 2.11. The van der Waals surface area contributed by atoms with E-state index in [2.05, 4.69) is 26.8 Å². The lowest BCUT2D eigenvalue weighted by molar-refractivity contribution is -0.132. The second kappa shape index (κ2) is 4.88. The molecule has 2 fully saturated rings. The smallest absolute Gasteiger partial charge is 0.245 e. The highest BCUT2D eigenvalue weighted by Crippen LogP contribution is 2.51. The first-order valence-corrected chi connectivity index (χ1v) is 7.73. The Bertz CT molecular complexity index is 548. The standard InChI is InChI=1S/C15H17BrN2O2/c1-15(8-12(15)16)14(20)18-17-13(19)11-7-10(11)9-5-3-2-4-6-9/h2-6,10-12H,7-8H2,1H3,(H,17,19)(H,18,20)/t10-,11-,12+,15-/m1/s1. The van der Waals surface area contributed by atoms with E-state index in [-0.39, 0.29) is 33.9 Å². The normalized spacial score (nSPS) is 34.2. The molecule has 4 atom stereocenters. The van der Waals surface area contributed by atoms with Crippen LogP contribution in [0.5, 0.6) is 0 Å². The van der Waals surface area contributed by atoms with Crippen LogP contribution in [0.15, 0.2) is 30.3 Å². The van der Waals surface area contributed by atoms with Crippen LogP contribution >= 0.6 is 15.9 Å². The van der Waals surface area contributed by atoms with Crippen LogP contribution in [0, 0.1) is 11.3 Å². The number of alkyl halides is 1. The van der Waals surface area contributed by atoms with E-state index in [0.29, 0.717) is 0 Å². The van der Waals surface area contributed by atoms with Gasteiger partial charge in [0.25, 0.3) is 0 Å². The van der Waals surface area contributed by atoms with Crippen molar-refractivity contribution in [3.8, 4) is 0 Å². The molecule has 3 rings (SSSR count). The quantitative estimate of drug-likeness (QED) is 0.656. The van der Waals surface area contributed by atoms with Crippen molar-refractivity contribution in [1.82, 2.24) is 10.9 Å². The number of hydrogen-bond donors (Lipinski definition) is 2. The maximum Gasteiger partial charge on any atom is 0.245 e. The molecule has 2 saturated carbocycles. The topological polar surface area (TPSA) is 58.2 Å². The molecule has 4 nitrogen and oxygen atoms in total. The number of nitrogens with one attached hydrogen (secondary N) is 2. The highest BCUT2D eigenvalue weighted by atomic mass is 79.9. The number of rotatable bonds is 3. The third-order valence-electron chi connectivity index (χ3n) is 4.31. The van der Waals surface area contributed by atoms with Gasteiger partial charge in [-0.05, 0) is 31.2 Å². The van der Waals surface area contributed by atoms with Crippen LogP contribution in [0.2, 0.25) is 0 Å². The molecule has 5 heteroatoms. The molecular weight excluding hydrogens is 320 g/mol. The van der Waals surface area contributed by atoms with Crippen molar-refractivity contribution < 1.29 is 9.59 Å².